The summed E-state index contributed by atoms with van der Waals surface area (Å²) in [6.45, 7) is 8.08. The number of nitrogens with one attached hydrogen (secondary N) is 1. The molecule has 0 spiro atoms. The molecule has 0 aliphatic heterocycles. The Kier molecular flexibility index (Phi) is 5.11. The van der Waals surface area contributed by atoms with Gasteiger partial charge in [0.05, 0.1) is 24.8 Å². The van der Waals surface area contributed by atoms with Crippen LogP contribution in [0.5, 0.6) is 0 Å². The van der Waals surface area contributed by atoms with Crippen LogP contribution in [0.25, 0.3) is 10.9 Å². The molecule has 0 saturated heterocycles. The second-order valence-corrected chi connectivity index (χ2v) is 9.04. The van der Waals surface area contributed by atoms with Crippen molar-refractivity contribution in [3.05, 3.63) is 64.3 Å². The van der Waals surface area contributed by atoms with Crippen LogP contribution in [0.4, 0.5) is 0 Å². The number of ketones is 1. The van der Waals surface area contributed by atoms with Gasteiger partial charge in [-0.2, -0.15) is 0 Å². The molecular weight excluding hydrogens is 384 g/mol. The molecule has 150 valence electrons. The number of fused-ring (bicyclic) bond motifs is 4. The molecule has 0 amide bonds. The fraction of sp³-hybridized carbons (Fsp3) is 0.304. The highest BCUT2D eigenvalue weighted by Gasteiger charge is 2.39. The molecule has 0 radical (unpaired) electrons. The molecule has 1 unspecified atom stereocenters. The third kappa shape index (κ3) is 3.31. The zero-order valence-corrected chi connectivity index (χ0v) is 17.3. The quantitative estimate of drug-likeness (QED) is 0.429. The van der Waals surface area contributed by atoms with Crippen LogP contribution < -0.4 is 0 Å². The molecule has 1 heterocycles. The Hall–Kier alpha value is -2.41. The summed E-state index contributed by atoms with van der Waals surface area (Å²) in [6.07, 6.45) is -0.759. The summed E-state index contributed by atoms with van der Waals surface area (Å²) in [4.78, 5) is 21.8. The number of H-pyrrole nitrogens is 1. The van der Waals surface area contributed by atoms with E-state index in [4.69, 9.17) is 5.11 Å². The summed E-state index contributed by atoms with van der Waals surface area (Å²) in [6, 6.07) is 11.8. The second kappa shape index (κ2) is 7.44. The molecule has 1 aliphatic rings. The summed E-state index contributed by atoms with van der Waals surface area (Å²) < 4.78 is 0. The topological polar surface area (TPSA) is 85.7 Å². The zero-order valence-electron chi connectivity index (χ0n) is 16.5. The molecule has 4 rings (SSSR count). The van der Waals surface area contributed by atoms with E-state index < -0.39 is 6.10 Å². The van der Waals surface area contributed by atoms with Gasteiger partial charge in [0.1, 0.15) is 0 Å². The first-order chi connectivity index (χ1) is 13.9. The first kappa shape index (κ1) is 19.9. The SMILES string of the molecule is C=NCc1ccc2c3c([nH]c2c1)C(C)(C)c1cc(SCC(O)CO)ccc1C3=O. The van der Waals surface area contributed by atoms with Gasteiger partial charge in [-0.25, -0.2) is 0 Å². The van der Waals surface area contributed by atoms with Crippen molar-refractivity contribution < 1.29 is 15.0 Å². The number of aromatic amines is 1. The molecule has 0 bridgehead atoms. The van der Waals surface area contributed by atoms with Crippen LogP contribution >= 0.6 is 11.8 Å². The fourth-order valence-corrected chi connectivity index (χ4v) is 4.88. The average molecular weight is 409 g/mol. The van der Waals surface area contributed by atoms with Crippen molar-refractivity contribution in [1.29, 1.82) is 0 Å². The number of hydrogen-bond donors (Lipinski definition) is 3. The largest absolute Gasteiger partial charge is 0.394 e. The normalized spacial score (nSPS) is 15.8. The summed E-state index contributed by atoms with van der Waals surface area (Å²) in [7, 11) is 0. The highest BCUT2D eigenvalue weighted by Crippen LogP contribution is 2.44. The lowest BCUT2D eigenvalue weighted by molar-refractivity contribution is 0.103. The molecule has 5 nitrogen and oxygen atoms in total. The number of carbonyl (C=O) groups excluding carboxylic acids is 1. The number of aliphatic hydroxyl groups excluding tert-OH is 2. The third-order valence-electron chi connectivity index (χ3n) is 5.57. The van der Waals surface area contributed by atoms with E-state index in [0.29, 0.717) is 17.9 Å². The Labute approximate surface area is 173 Å². The molecule has 1 atom stereocenters. The predicted molar refractivity (Wildman–Crippen MR) is 117 cm³/mol. The number of aliphatic imine (C=N–C) groups is 1. The first-order valence-electron chi connectivity index (χ1n) is 9.55. The van der Waals surface area contributed by atoms with Crippen molar-refractivity contribution in [2.75, 3.05) is 12.4 Å². The average Bonchev–Trinajstić information content (AvgIpc) is 3.10. The van der Waals surface area contributed by atoms with E-state index in [9.17, 15) is 9.90 Å². The van der Waals surface area contributed by atoms with Gasteiger partial charge in [-0.1, -0.05) is 26.0 Å². The number of rotatable bonds is 6. The van der Waals surface area contributed by atoms with Gasteiger partial charge >= 0.3 is 0 Å². The molecule has 1 aromatic heterocycles. The van der Waals surface area contributed by atoms with Crippen molar-refractivity contribution in [1.82, 2.24) is 4.98 Å². The van der Waals surface area contributed by atoms with Gasteiger partial charge in [-0.3, -0.25) is 9.79 Å². The summed E-state index contributed by atoms with van der Waals surface area (Å²) >= 11 is 1.47. The van der Waals surface area contributed by atoms with Gasteiger partial charge in [-0.15, -0.1) is 11.8 Å². The van der Waals surface area contributed by atoms with Gasteiger partial charge in [-0.05, 0) is 42.1 Å². The van der Waals surface area contributed by atoms with E-state index in [1.165, 1.54) is 11.8 Å². The smallest absolute Gasteiger partial charge is 0.195 e. The highest BCUT2D eigenvalue weighted by atomic mass is 32.2. The molecule has 2 aromatic carbocycles. The molecule has 1 aliphatic carbocycles. The van der Waals surface area contributed by atoms with Crippen LogP contribution in [0.1, 0.15) is 46.6 Å². The summed E-state index contributed by atoms with van der Waals surface area (Å²) in [5.41, 5.74) is 4.96. The monoisotopic (exact) mass is 408 g/mol. The number of aliphatic hydroxyl groups is 2. The second-order valence-electron chi connectivity index (χ2n) is 7.95. The summed E-state index contributed by atoms with van der Waals surface area (Å²) in [5, 5.41) is 19.6. The van der Waals surface area contributed by atoms with E-state index >= 15 is 0 Å². The van der Waals surface area contributed by atoms with Gasteiger partial charge in [0.2, 0.25) is 0 Å². The number of aromatic nitrogens is 1. The van der Waals surface area contributed by atoms with E-state index in [-0.39, 0.29) is 17.8 Å². The Balaban J connectivity index is 1.80. The predicted octanol–water partition coefficient (Wildman–Crippen LogP) is 3.68. The summed E-state index contributed by atoms with van der Waals surface area (Å²) in [5.74, 6) is 0.434. The number of carbonyl (C=O) groups is 1. The molecular formula is C23H24N2O3S. The zero-order chi connectivity index (χ0) is 20.8. The maximum absolute atomic E-state index is 13.4. The molecule has 6 heteroatoms. The third-order valence-corrected chi connectivity index (χ3v) is 6.71. The minimum atomic E-state index is -0.759. The molecule has 3 N–H and O–H groups in total. The number of nitrogens with zero attached hydrogens (tertiary/aromatic N) is 1. The maximum atomic E-state index is 13.4. The minimum absolute atomic E-state index is 0.0297. The van der Waals surface area contributed by atoms with Crippen molar-refractivity contribution in [3.63, 3.8) is 0 Å². The van der Waals surface area contributed by atoms with E-state index in [1.54, 1.807) is 0 Å². The van der Waals surface area contributed by atoms with Crippen molar-refractivity contribution in [3.8, 4) is 0 Å². The van der Waals surface area contributed by atoms with E-state index in [0.717, 1.165) is 38.2 Å². The van der Waals surface area contributed by atoms with E-state index in [2.05, 4.69) is 30.5 Å². The Bertz CT molecular complexity index is 1120. The fourth-order valence-electron chi connectivity index (χ4n) is 4.02. The number of hydrogen-bond acceptors (Lipinski definition) is 5. The minimum Gasteiger partial charge on any atom is -0.394 e. The van der Waals surface area contributed by atoms with Crippen LogP contribution in [0.15, 0.2) is 46.3 Å². The van der Waals surface area contributed by atoms with Crippen molar-refractivity contribution in [2.24, 2.45) is 4.99 Å². The Morgan fingerprint density at radius 2 is 2.03 bits per heavy atom. The lowest BCUT2D eigenvalue weighted by Gasteiger charge is -2.32. The standard InChI is InChI=1S/C23H24N2O3S/c1-23(2)18-9-15(29-12-14(27)11-26)5-7-16(18)21(28)20-17-6-4-13(10-24-3)8-19(17)25-22(20)23/h4-9,14,25-27H,3,10-12H2,1-2H3. The molecule has 29 heavy (non-hydrogen) atoms. The van der Waals surface area contributed by atoms with Crippen molar-refractivity contribution >= 4 is 35.2 Å². The van der Waals surface area contributed by atoms with Gasteiger partial charge < -0.3 is 15.2 Å². The lowest BCUT2D eigenvalue weighted by Crippen LogP contribution is -2.30. The maximum Gasteiger partial charge on any atom is 0.195 e. The van der Waals surface area contributed by atoms with Crippen LogP contribution in [0.3, 0.4) is 0 Å². The number of benzene rings is 2. The first-order valence-corrected chi connectivity index (χ1v) is 10.5. The molecule has 0 fully saturated rings. The Morgan fingerprint density at radius 3 is 2.76 bits per heavy atom. The Morgan fingerprint density at radius 1 is 1.24 bits per heavy atom. The molecule has 0 saturated carbocycles. The van der Waals surface area contributed by atoms with Crippen molar-refractivity contribution in [2.45, 2.75) is 36.8 Å². The molecule has 3 aromatic rings. The van der Waals surface area contributed by atoms with Crippen LogP contribution in [-0.2, 0) is 12.0 Å². The van der Waals surface area contributed by atoms with Crippen LogP contribution in [-0.4, -0.2) is 46.2 Å². The van der Waals surface area contributed by atoms with Gasteiger partial charge in [0.15, 0.2) is 5.78 Å². The lowest BCUT2D eigenvalue weighted by atomic mass is 9.71. The van der Waals surface area contributed by atoms with Crippen LogP contribution in [0, 0.1) is 0 Å². The number of thioether (sulfide) groups is 1. The van der Waals surface area contributed by atoms with Crippen LogP contribution in [0.2, 0.25) is 0 Å². The highest BCUT2D eigenvalue weighted by molar-refractivity contribution is 7.99. The van der Waals surface area contributed by atoms with Gasteiger partial charge in [0, 0.05) is 38.2 Å². The van der Waals surface area contributed by atoms with E-state index in [1.807, 2.05) is 36.4 Å². The van der Waals surface area contributed by atoms with Gasteiger partial charge in [0.25, 0.3) is 0 Å².